The van der Waals surface area contributed by atoms with E-state index in [1.807, 2.05) is 6.92 Å². The highest BCUT2D eigenvalue weighted by molar-refractivity contribution is 5.75. The fourth-order valence-electron chi connectivity index (χ4n) is 2.61. The zero-order valence-corrected chi connectivity index (χ0v) is 11.7. The maximum absolute atomic E-state index is 11.7. The predicted molar refractivity (Wildman–Crippen MR) is 71.5 cm³/mol. The molecule has 0 spiro atoms. The summed E-state index contributed by atoms with van der Waals surface area (Å²) in [6.45, 7) is 4.04. The standard InChI is InChI=1S/C14H27NO3/c1-3-18-10-9-15-13(14(16)17-2)11-12-7-5-4-6-8-12/h12-13,15H,3-11H2,1-2H3. The van der Waals surface area contributed by atoms with Crippen molar-refractivity contribution < 1.29 is 14.3 Å². The van der Waals surface area contributed by atoms with Crippen LogP contribution in [0, 0.1) is 5.92 Å². The Balaban J connectivity index is 2.31. The normalized spacial score (nSPS) is 18.6. The molecule has 0 amide bonds. The first-order chi connectivity index (χ1) is 8.77. The van der Waals surface area contributed by atoms with Crippen LogP contribution in [0.2, 0.25) is 0 Å². The number of carbonyl (C=O) groups is 1. The van der Waals surface area contributed by atoms with Crippen molar-refractivity contribution in [3.8, 4) is 0 Å². The van der Waals surface area contributed by atoms with Crippen LogP contribution in [-0.4, -0.2) is 38.9 Å². The van der Waals surface area contributed by atoms with Gasteiger partial charge in [0, 0.05) is 13.2 Å². The lowest BCUT2D eigenvalue weighted by molar-refractivity contribution is -0.143. The fourth-order valence-corrected chi connectivity index (χ4v) is 2.61. The molecule has 1 aliphatic carbocycles. The van der Waals surface area contributed by atoms with Crippen molar-refractivity contribution in [1.29, 1.82) is 0 Å². The van der Waals surface area contributed by atoms with Gasteiger partial charge in [0.25, 0.3) is 0 Å². The Bertz CT molecular complexity index is 227. The summed E-state index contributed by atoms with van der Waals surface area (Å²) in [6.07, 6.45) is 7.35. The number of nitrogens with one attached hydrogen (secondary N) is 1. The number of hydrogen-bond donors (Lipinski definition) is 1. The van der Waals surface area contributed by atoms with E-state index in [-0.39, 0.29) is 12.0 Å². The van der Waals surface area contributed by atoms with E-state index in [2.05, 4.69) is 5.32 Å². The lowest BCUT2D eigenvalue weighted by atomic mass is 9.85. The molecule has 1 saturated carbocycles. The van der Waals surface area contributed by atoms with Crippen molar-refractivity contribution in [2.45, 2.75) is 51.5 Å². The van der Waals surface area contributed by atoms with E-state index in [0.29, 0.717) is 25.7 Å². The summed E-state index contributed by atoms with van der Waals surface area (Å²) >= 11 is 0. The Kier molecular flexibility index (Phi) is 8.01. The highest BCUT2D eigenvalue weighted by Gasteiger charge is 2.24. The molecular weight excluding hydrogens is 230 g/mol. The second-order valence-corrected chi connectivity index (χ2v) is 4.97. The molecule has 1 unspecified atom stereocenters. The largest absolute Gasteiger partial charge is 0.468 e. The second kappa shape index (κ2) is 9.34. The first-order valence-corrected chi connectivity index (χ1v) is 7.16. The van der Waals surface area contributed by atoms with Crippen molar-refractivity contribution in [2.75, 3.05) is 26.9 Å². The van der Waals surface area contributed by atoms with Crippen molar-refractivity contribution in [3.05, 3.63) is 0 Å². The minimum Gasteiger partial charge on any atom is -0.468 e. The summed E-state index contributed by atoms with van der Waals surface area (Å²) in [4.78, 5) is 11.7. The SMILES string of the molecule is CCOCCNC(CC1CCCCC1)C(=O)OC. The van der Waals surface area contributed by atoms with E-state index in [0.717, 1.165) is 6.42 Å². The lowest BCUT2D eigenvalue weighted by Crippen LogP contribution is -2.41. The van der Waals surface area contributed by atoms with Gasteiger partial charge in [0.1, 0.15) is 6.04 Å². The number of hydrogen-bond acceptors (Lipinski definition) is 4. The second-order valence-electron chi connectivity index (χ2n) is 4.97. The molecule has 0 aromatic rings. The molecule has 1 atom stereocenters. The smallest absolute Gasteiger partial charge is 0.322 e. The van der Waals surface area contributed by atoms with E-state index < -0.39 is 0 Å². The van der Waals surface area contributed by atoms with E-state index in [4.69, 9.17) is 9.47 Å². The highest BCUT2D eigenvalue weighted by Crippen LogP contribution is 2.27. The molecule has 1 aliphatic rings. The zero-order valence-electron chi connectivity index (χ0n) is 11.7. The summed E-state index contributed by atoms with van der Waals surface area (Å²) in [7, 11) is 1.46. The summed E-state index contributed by atoms with van der Waals surface area (Å²) in [5, 5.41) is 3.25. The van der Waals surface area contributed by atoms with Gasteiger partial charge in [0.15, 0.2) is 0 Å². The number of esters is 1. The maximum atomic E-state index is 11.7. The monoisotopic (exact) mass is 257 g/mol. The van der Waals surface area contributed by atoms with Crippen LogP contribution < -0.4 is 5.32 Å². The number of methoxy groups -OCH3 is 1. The zero-order chi connectivity index (χ0) is 13.2. The van der Waals surface area contributed by atoms with Gasteiger partial charge in [-0.1, -0.05) is 32.1 Å². The molecule has 1 N–H and O–H groups in total. The molecule has 0 saturated heterocycles. The molecule has 0 heterocycles. The molecule has 4 heteroatoms. The van der Waals surface area contributed by atoms with E-state index in [1.54, 1.807) is 0 Å². The minimum atomic E-state index is -0.168. The molecule has 0 aromatic carbocycles. The summed E-state index contributed by atoms with van der Waals surface area (Å²) < 4.78 is 10.1. The third kappa shape index (κ3) is 5.83. The maximum Gasteiger partial charge on any atom is 0.322 e. The Hall–Kier alpha value is -0.610. The molecule has 1 fully saturated rings. The van der Waals surface area contributed by atoms with Gasteiger partial charge in [0.05, 0.1) is 13.7 Å². The van der Waals surface area contributed by atoms with Gasteiger partial charge in [-0.15, -0.1) is 0 Å². The topological polar surface area (TPSA) is 47.6 Å². The predicted octanol–water partition coefficient (Wildman–Crippen LogP) is 2.12. The molecule has 0 aromatic heterocycles. The number of carbonyl (C=O) groups excluding carboxylic acids is 1. The summed E-state index contributed by atoms with van der Waals surface area (Å²) in [5.74, 6) is 0.527. The quantitative estimate of drug-likeness (QED) is 0.534. The van der Waals surface area contributed by atoms with Crippen LogP contribution in [0.3, 0.4) is 0 Å². The van der Waals surface area contributed by atoms with Crippen LogP contribution in [0.5, 0.6) is 0 Å². The lowest BCUT2D eigenvalue weighted by Gasteiger charge is -2.25. The van der Waals surface area contributed by atoms with E-state index in [1.165, 1.54) is 39.2 Å². The number of rotatable bonds is 8. The van der Waals surface area contributed by atoms with Crippen molar-refractivity contribution in [3.63, 3.8) is 0 Å². The highest BCUT2D eigenvalue weighted by atomic mass is 16.5. The molecular formula is C14H27NO3. The Morgan fingerprint density at radius 1 is 1.33 bits per heavy atom. The van der Waals surface area contributed by atoms with Gasteiger partial charge in [0.2, 0.25) is 0 Å². The van der Waals surface area contributed by atoms with Crippen LogP contribution in [0.25, 0.3) is 0 Å². The Morgan fingerprint density at radius 3 is 2.67 bits per heavy atom. The van der Waals surface area contributed by atoms with Crippen LogP contribution >= 0.6 is 0 Å². The first kappa shape index (κ1) is 15.4. The van der Waals surface area contributed by atoms with Crippen LogP contribution in [0.4, 0.5) is 0 Å². The van der Waals surface area contributed by atoms with Crippen LogP contribution in [0.1, 0.15) is 45.4 Å². The average Bonchev–Trinajstić information content (AvgIpc) is 2.42. The van der Waals surface area contributed by atoms with E-state index in [9.17, 15) is 4.79 Å². The molecule has 0 radical (unpaired) electrons. The van der Waals surface area contributed by atoms with Gasteiger partial charge in [-0.05, 0) is 19.3 Å². The minimum absolute atomic E-state index is 0.142. The molecule has 4 nitrogen and oxygen atoms in total. The van der Waals surface area contributed by atoms with E-state index >= 15 is 0 Å². The van der Waals surface area contributed by atoms with Crippen LogP contribution in [-0.2, 0) is 14.3 Å². The van der Waals surface area contributed by atoms with Gasteiger partial charge < -0.3 is 14.8 Å². The molecule has 0 bridgehead atoms. The van der Waals surface area contributed by atoms with Crippen LogP contribution in [0.15, 0.2) is 0 Å². The first-order valence-electron chi connectivity index (χ1n) is 7.16. The number of ether oxygens (including phenoxy) is 2. The van der Waals surface area contributed by atoms with Crippen molar-refractivity contribution in [2.24, 2.45) is 5.92 Å². The Morgan fingerprint density at radius 2 is 2.06 bits per heavy atom. The van der Waals surface area contributed by atoms with Crippen molar-refractivity contribution >= 4 is 5.97 Å². The van der Waals surface area contributed by atoms with Crippen molar-refractivity contribution in [1.82, 2.24) is 5.32 Å². The molecule has 0 aliphatic heterocycles. The fraction of sp³-hybridized carbons (Fsp3) is 0.929. The Labute approximate surface area is 110 Å². The van der Waals surface area contributed by atoms with Gasteiger partial charge in [-0.2, -0.15) is 0 Å². The summed E-state index contributed by atoms with van der Waals surface area (Å²) in [5.41, 5.74) is 0. The molecule has 106 valence electrons. The average molecular weight is 257 g/mol. The van der Waals surface area contributed by atoms with Gasteiger partial charge >= 0.3 is 5.97 Å². The van der Waals surface area contributed by atoms with Gasteiger partial charge in [-0.25, -0.2) is 0 Å². The third-order valence-corrected chi connectivity index (χ3v) is 3.62. The third-order valence-electron chi connectivity index (χ3n) is 3.62. The van der Waals surface area contributed by atoms with Gasteiger partial charge in [-0.3, -0.25) is 4.79 Å². The molecule has 1 rings (SSSR count). The summed E-state index contributed by atoms with van der Waals surface area (Å²) in [6, 6.07) is -0.168. The molecule has 18 heavy (non-hydrogen) atoms.